The lowest BCUT2D eigenvalue weighted by Crippen LogP contribution is -2.34. The lowest BCUT2D eigenvalue weighted by molar-refractivity contribution is -0.119. The van der Waals surface area contributed by atoms with Crippen LogP contribution in [0.2, 0.25) is 0 Å². The number of thioether (sulfide) groups is 1. The Morgan fingerprint density at radius 2 is 1.96 bits per heavy atom. The molecule has 3 heterocycles. The van der Waals surface area contributed by atoms with Gasteiger partial charge in [-0.3, -0.25) is 4.79 Å². The van der Waals surface area contributed by atoms with Crippen molar-refractivity contribution in [2.45, 2.75) is 43.7 Å². The van der Waals surface area contributed by atoms with E-state index < -0.39 is 0 Å². The second-order valence-corrected chi connectivity index (χ2v) is 8.70. The molecule has 0 spiro atoms. The van der Waals surface area contributed by atoms with Crippen molar-refractivity contribution in [3.8, 4) is 0 Å². The number of hydrogen-bond acceptors (Lipinski definition) is 6. The molecular weight excluding hydrogens is 372 g/mol. The minimum atomic E-state index is 0.0219. The van der Waals surface area contributed by atoms with Crippen molar-refractivity contribution < 1.29 is 9.53 Å². The van der Waals surface area contributed by atoms with Crippen molar-refractivity contribution in [2.75, 3.05) is 36.9 Å². The number of anilines is 1. The standard InChI is InChI=1S/C21H28N4O2S/c1-15-8-10-25(11-9-15)20-21(24-18-7-3-2-6-17(18)23-20)28-14-19(26)22-13-16-5-4-12-27-16/h2-3,6-7,15-16H,4-5,8-14H2,1H3,(H,22,26). The van der Waals surface area contributed by atoms with Crippen molar-refractivity contribution in [2.24, 2.45) is 5.92 Å². The Balaban J connectivity index is 1.46. The highest BCUT2D eigenvalue weighted by atomic mass is 32.2. The number of hydrogen-bond donors (Lipinski definition) is 1. The average molecular weight is 401 g/mol. The van der Waals surface area contributed by atoms with E-state index >= 15 is 0 Å². The molecule has 0 radical (unpaired) electrons. The molecule has 1 aromatic heterocycles. The van der Waals surface area contributed by atoms with Gasteiger partial charge < -0.3 is 15.0 Å². The molecule has 0 saturated carbocycles. The van der Waals surface area contributed by atoms with Crippen LogP contribution in [0, 0.1) is 5.92 Å². The summed E-state index contributed by atoms with van der Waals surface area (Å²) < 4.78 is 5.57. The van der Waals surface area contributed by atoms with Gasteiger partial charge >= 0.3 is 0 Å². The molecule has 7 heteroatoms. The minimum absolute atomic E-state index is 0.0219. The van der Waals surface area contributed by atoms with Crippen molar-refractivity contribution in [1.82, 2.24) is 15.3 Å². The molecule has 4 rings (SSSR count). The van der Waals surface area contributed by atoms with Crippen molar-refractivity contribution in [3.05, 3.63) is 24.3 Å². The second-order valence-electron chi connectivity index (χ2n) is 7.74. The van der Waals surface area contributed by atoms with Gasteiger partial charge in [0.05, 0.1) is 22.9 Å². The molecule has 0 bridgehead atoms. The molecule has 2 aromatic rings. The monoisotopic (exact) mass is 400 g/mol. The summed E-state index contributed by atoms with van der Waals surface area (Å²) in [7, 11) is 0. The summed E-state index contributed by atoms with van der Waals surface area (Å²) in [6.45, 7) is 5.69. The Kier molecular flexibility index (Phi) is 6.32. The fourth-order valence-electron chi connectivity index (χ4n) is 3.72. The number of piperidine rings is 1. The topological polar surface area (TPSA) is 67.4 Å². The van der Waals surface area contributed by atoms with Gasteiger partial charge in [0.15, 0.2) is 5.82 Å². The molecule has 6 nitrogen and oxygen atoms in total. The van der Waals surface area contributed by atoms with Gasteiger partial charge in [-0.1, -0.05) is 30.8 Å². The number of ether oxygens (including phenoxy) is 1. The summed E-state index contributed by atoms with van der Waals surface area (Å²) in [5.74, 6) is 2.04. The zero-order valence-electron chi connectivity index (χ0n) is 16.4. The maximum Gasteiger partial charge on any atom is 0.230 e. The van der Waals surface area contributed by atoms with Crippen LogP contribution in [-0.4, -0.2) is 54.0 Å². The number of para-hydroxylation sites is 2. The molecule has 28 heavy (non-hydrogen) atoms. The SMILES string of the molecule is CC1CCN(c2nc3ccccc3nc2SCC(=O)NCC2CCCO2)CC1. The van der Waals surface area contributed by atoms with Crippen LogP contribution in [0.25, 0.3) is 11.0 Å². The molecule has 1 amide bonds. The third-order valence-electron chi connectivity index (χ3n) is 5.50. The summed E-state index contributed by atoms with van der Waals surface area (Å²) in [5.41, 5.74) is 1.78. The normalized spacial score (nSPS) is 20.6. The molecule has 1 N–H and O–H groups in total. The quantitative estimate of drug-likeness (QED) is 0.751. The Labute approximate surface area is 170 Å². The van der Waals surface area contributed by atoms with Gasteiger partial charge in [0.1, 0.15) is 5.03 Å². The van der Waals surface area contributed by atoms with E-state index in [1.165, 1.54) is 24.6 Å². The van der Waals surface area contributed by atoms with Gasteiger partial charge in [-0.15, -0.1) is 0 Å². The summed E-state index contributed by atoms with van der Waals surface area (Å²) >= 11 is 1.48. The van der Waals surface area contributed by atoms with E-state index in [2.05, 4.69) is 17.1 Å². The van der Waals surface area contributed by atoms with E-state index in [1.807, 2.05) is 24.3 Å². The van der Waals surface area contributed by atoms with Gasteiger partial charge in [0, 0.05) is 26.2 Å². The Bertz CT molecular complexity index is 817. The third kappa shape index (κ3) is 4.75. The van der Waals surface area contributed by atoms with Gasteiger partial charge in [0.2, 0.25) is 5.91 Å². The summed E-state index contributed by atoms with van der Waals surface area (Å²) in [6.07, 6.45) is 4.61. The first-order chi connectivity index (χ1) is 13.7. The lowest BCUT2D eigenvalue weighted by Gasteiger charge is -2.32. The Morgan fingerprint density at radius 1 is 1.21 bits per heavy atom. The van der Waals surface area contributed by atoms with E-state index in [1.54, 1.807) is 0 Å². The number of carbonyl (C=O) groups excluding carboxylic acids is 1. The second kappa shape index (κ2) is 9.09. The maximum absolute atomic E-state index is 12.3. The molecule has 2 saturated heterocycles. The highest BCUT2D eigenvalue weighted by Gasteiger charge is 2.22. The molecular formula is C21H28N4O2S. The Hall–Kier alpha value is -1.86. The fraction of sp³-hybridized carbons (Fsp3) is 0.571. The first kappa shape index (κ1) is 19.5. The molecule has 2 aliphatic heterocycles. The average Bonchev–Trinajstić information content (AvgIpc) is 3.24. The van der Waals surface area contributed by atoms with Crippen LogP contribution >= 0.6 is 11.8 Å². The van der Waals surface area contributed by atoms with E-state index in [9.17, 15) is 4.79 Å². The van der Waals surface area contributed by atoms with Crippen LogP contribution in [0.5, 0.6) is 0 Å². The van der Waals surface area contributed by atoms with Crippen LogP contribution in [0.3, 0.4) is 0 Å². The number of nitrogens with zero attached hydrogens (tertiary/aromatic N) is 3. The predicted molar refractivity (Wildman–Crippen MR) is 113 cm³/mol. The van der Waals surface area contributed by atoms with Crippen LogP contribution in [-0.2, 0) is 9.53 Å². The zero-order valence-corrected chi connectivity index (χ0v) is 17.2. The van der Waals surface area contributed by atoms with Gasteiger partial charge in [-0.05, 0) is 43.7 Å². The lowest BCUT2D eigenvalue weighted by atomic mass is 9.99. The highest BCUT2D eigenvalue weighted by molar-refractivity contribution is 8.00. The van der Waals surface area contributed by atoms with Crippen LogP contribution in [0.15, 0.2) is 29.3 Å². The van der Waals surface area contributed by atoms with Crippen molar-refractivity contribution in [1.29, 1.82) is 0 Å². The van der Waals surface area contributed by atoms with E-state index in [0.29, 0.717) is 12.3 Å². The van der Waals surface area contributed by atoms with Gasteiger partial charge in [-0.2, -0.15) is 0 Å². The van der Waals surface area contributed by atoms with Gasteiger partial charge in [0.25, 0.3) is 0 Å². The number of nitrogens with one attached hydrogen (secondary N) is 1. The fourth-order valence-corrected chi connectivity index (χ4v) is 4.55. The first-order valence-corrected chi connectivity index (χ1v) is 11.2. The van der Waals surface area contributed by atoms with E-state index in [4.69, 9.17) is 14.7 Å². The largest absolute Gasteiger partial charge is 0.376 e. The number of carbonyl (C=O) groups is 1. The molecule has 1 aromatic carbocycles. The number of benzene rings is 1. The molecule has 1 atom stereocenters. The molecule has 2 aliphatic rings. The number of amides is 1. The molecule has 150 valence electrons. The van der Waals surface area contributed by atoms with Crippen LogP contribution < -0.4 is 10.2 Å². The third-order valence-corrected chi connectivity index (χ3v) is 6.45. The molecule has 0 aliphatic carbocycles. The van der Waals surface area contributed by atoms with Crippen molar-refractivity contribution in [3.63, 3.8) is 0 Å². The number of rotatable bonds is 6. The molecule has 1 unspecified atom stereocenters. The number of aromatic nitrogens is 2. The van der Waals surface area contributed by atoms with Gasteiger partial charge in [-0.25, -0.2) is 9.97 Å². The zero-order chi connectivity index (χ0) is 19.3. The Morgan fingerprint density at radius 3 is 2.68 bits per heavy atom. The van der Waals surface area contributed by atoms with E-state index in [-0.39, 0.29) is 12.0 Å². The van der Waals surface area contributed by atoms with E-state index in [0.717, 1.165) is 60.3 Å². The summed E-state index contributed by atoms with van der Waals surface area (Å²) in [6, 6.07) is 7.94. The van der Waals surface area contributed by atoms with Crippen LogP contribution in [0.1, 0.15) is 32.6 Å². The summed E-state index contributed by atoms with van der Waals surface area (Å²) in [4.78, 5) is 24.4. The van der Waals surface area contributed by atoms with Crippen molar-refractivity contribution >= 4 is 34.5 Å². The summed E-state index contributed by atoms with van der Waals surface area (Å²) in [5, 5.41) is 3.84. The predicted octanol–water partition coefficient (Wildman–Crippen LogP) is 3.25. The number of fused-ring (bicyclic) bond motifs is 1. The maximum atomic E-state index is 12.3. The minimum Gasteiger partial charge on any atom is -0.376 e. The highest BCUT2D eigenvalue weighted by Crippen LogP contribution is 2.31. The smallest absolute Gasteiger partial charge is 0.230 e. The first-order valence-electron chi connectivity index (χ1n) is 10.2. The van der Waals surface area contributed by atoms with Crippen LogP contribution in [0.4, 0.5) is 5.82 Å². The molecule has 2 fully saturated rings.